The molecular formula is C22H15F3N2O4. The number of phenolic OH excluding ortho intramolecular Hbond substituents is 2. The molecule has 4 aromatic rings. The molecule has 4 rings (SSSR count). The van der Waals surface area contributed by atoms with E-state index in [1.54, 1.807) is 24.3 Å². The number of alkyl halides is 3. The van der Waals surface area contributed by atoms with Crippen LogP contribution >= 0.6 is 0 Å². The van der Waals surface area contributed by atoms with E-state index in [4.69, 9.17) is 0 Å². The molecule has 6 nitrogen and oxygen atoms in total. The predicted octanol–water partition coefficient (Wildman–Crippen LogP) is 4.62. The van der Waals surface area contributed by atoms with Crippen molar-refractivity contribution < 1.29 is 28.2 Å². The van der Waals surface area contributed by atoms with Gasteiger partial charge in [0.2, 0.25) is 0 Å². The van der Waals surface area contributed by atoms with Gasteiger partial charge in [-0.3, -0.25) is 9.36 Å². The summed E-state index contributed by atoms with van der Waals surface area (Å²) in [6.07, 6.45) is -4.58. The van der Waals surface area contributed by atoms with Crippen molar-refractivity contribution in [2.45, 2.75) is 13.1 Å². The molecule has 0 saturated heterocycles. The van der Waals surface area contributed by atoms with E-state index in [9.17, 15) is 33.0 Å². The zero-order chi connectivity index (χ0) is 22.5. The molecule has 0 aliphatic rings. The first-order chi connectivity index (χ1) is 14.6. The summed E-state index contributed by atoms with van der Waals surface area (Å²) in [7, 11) is 0. The smallest absolute Gasteiger partial charge is 0.416 e. The number of Topliss-reactive ketones (excluding diaryl/α,β-unsaturated/α-hetero) is 1. The van der Waals surface area contributed by atoms with Crippen molar-refractivity contribution in [2.75, 3.05) is 0 Å². The molecule has 0 saturated carbocycles. The Morgan fingerprint density at radius 3 is 2.26 bits per heavy atom. The molecule has 3 N–H and O–H groups in total. The van der Waals surface area contributed by atoms with Crippen molar-refractivity contribution in [1.82, 2.24) is 9.55 Å². The maximum atomic E-state index is 13.0. The molecule has 0 unspecified atom stereocenters. The molecule has 0 bridgehead atoms. The van der Waals surface area contributed by atoms with Crippen LogP contribution in [0.3, 0.4) is 0 Å². The minimum absolute atomic E-state index is 0.0283. The Hall–Kier alpha value is -4.01. The van der Waals surface area contributed by atoms with Gasteiger partial charge in [0.25, 0.3) is 0 Å². The number of H-pyrrole nitrogens is 1. The van der Waals surface area contributed by atoms with Gasteiger partial charge in [-0.15, -0.1) is 0 Å². The Bertz CT molecular complexity index is 1380. The number of aromatic hydroxyl groups is 2. The second kappa shape index (κ2) is 7.05. The molecule has 1 aromatic heterocycles. The first-order valence-electron chi connectivity index (χ1n) is 9.06. The molecule has 31 heavy (non-hydrogen) atoms. The van der Waals surface area contributed by atoms with Crippen LogP contribution in [-0.4, -0.2) is 25.5 Å². The third-order valence-electron chi connectivity index (χ3n) is 4.95. The van der Waals surface area contributed by atoms with Gasteiger partial charge in [-0.25, -0.2) is 4.79 Å². The van der Waals surface area contributed by atoms with Crippen molar-refractivity contribution in [3.63, 3.8) is 0 Å². The van der Waals surface area contributed by atoms with E-state index in [0.717, 1.165) is 28.8 Å². The molecule has 0 atom stereocenters. The van der Waals surface area contributed by atoms with Crippen LogP contribution in [0, 0.1) is 0 Å². The number of imidazole rings is 1. The highest BCUT2D eigenvalue weighted by molar-refractivity contribution is 5.94. The number of hydrogen-bond donors (Lipinski definition) is 3. The van der Waals surface area contributed by atoms with E-state index < -0.39 is 23.2 Å². The second-order valence-corrected chi connectivity index (χ2v) is 6.99. The fourth-order valence-corrected chi connectivity index (χ4v) is 3.39. The van der Waals surface area contributed by atoms with Gasteiger partial charge in [0, 0.05) is 17.2 Å². The number of rotatable bonds is 3. The largest absolute Gasteiger partial charge is 0.507 e. The fourth-order valence-electron chi connectivity index (χ4n) is 3.39. The zero-order valence-corrected chi connectivity index (χ0v) is 16.0. The van der Waals surface area contributed by atoms with Crippen LogP contribution in [0.2, 0.25) is 0 Å². The monoisotopic (exact) mass is 428 g/mol. The van der Waals surface area contributed by atoms with Crippen LogP contribution in [0.4, 0.5) is 13.2 Å². The van der Waals surface area contributed by atoms with E-state index in [-0.39, 0.29) is 33.8 Å². The standard InChI is InChI=1S/C22H15F3N2O4/c1-11(28)12-2-4-13(5-3-12)15-9-18(20(30)10-19(15)29)27-17-7-6-14(22(23,24)25)8-16(17)26-21(27)31/h2-10,29-30H,1H3,(H,26,31). The summed E-state index contributed by atoms with van der Waals surface area (Å²) in [5.74, 6) is -0.848. The van der Waals surface area contributed by atoms with Gasteiger partial charge >= 0.3 is 11.9 Å². The molecule has 3 aromatic carbocycles. The van der Waals surface area contributed by atoms with Crippen molar-refractivity contribution in [1.29, 1.82) is 0 Å². The molecule has 0 radical (unpaired) electrons. The van der Waals surface area contributed by atoms with Gasteiger partial charge in [0.05, 0.1) is 22.3 Å². The average molecular weight is 428 g/mol. The highest BCUT2D eigenvalue weighted by atomic mass is 19.4. The quantitative estimate of drug-likeness (QED) is 0.415. The van der Waals surface area contributed by atoms with Crippen molar-refractivity contribution >= 4 is 16.8 Å². The van der Waals surface area contributed by atoms with Crippen LogP contribution in [0.1, 0.15) is 22.8 Å². The number of hydrogen-bond acceptors (Lipinski definition) is 4. The van der Waals surface area contributed by atoms with Crippen molar-refractivity contribution in [3.05, 3.63) is 76.2 Å². The minimum Gasteiger partial charge on any atom is -0.507 e. The lowest BCUT2D eigenvalue weighted by Gasteiger charge is -2.12. The molecule has 9 heteroatoms. The highest BCUT2D eigenvalue weighted by Crippen LogP contribution is 2.38. The number of carbonyl (C=O) groups excluding carboxylic acids is 1. The Kier molecular flexibility index (Phi) is 4.61. The molecule has 0 spiro atoms. The Labute approximate surface area is 172 Å². The Morgan fingerprint density at radius 2 is 1.65 bits per heavy atom. The van der Waals surface area contributed by atoms with Crippen LogP contribution in [0.5, 0.6) is 11.5 Å². The average Bonchev–Trinajstić information content (AvgIpc) is 3.02. The Morgan fingerprint density at radius 1 is 0.968 bits per heavy atom. The molecular weight excluding hydrogens is 413 g/mol. The van der Waals surface area contributed by atoms with Crippen LogP contribution < -0.4 is 5.69 Å². The minimum atomic E-state index is -4.58. The van der Waals surface area contributed by atoms with Crippen LogP contribution in [0.25, 0.3) is 27.8 Å². The van der Waals surface area contributed by atoms with E-state index in [2.05, 4.69) is 4.98 Å². The van der Waals surface area contributed by atoms with Crippen LogP contribution in [0.15, 0.2) is 59.4 Å². The number of phenols is 2. The molecule has 1 heterocycles. The lowest BCUT2D eigenvalue weighted by atomic mass is 10.0. The third-order valence-corrected chi connectivity index (χ3v) is 4.95. The number of carbonyl (C=O) groups is 1. The molecule has 0 aliphatic heterocycles. The highest BCUT2D eigenvalue weighted by Gasteiger charge is 2.31. The summed E-state index contributed by atoms with van der Waals surface area (Å²) in [6, 6.07) is 11.5. The number of aromatic amines is 1. The number of benzene rings is 3. The van der Waals surface area contributed by atoms with Crippen molar-refractivity contribution in [2.24, 2.45) is 0 Å². The fraction of sp³-hybridized carbons (Fsp3) is 0.0909. The molecule has 0 aliphatic carbocycles. The van der Waals surface area contributed by atoms with Gasteiger partial charge in [-0.1, -0.05) is 24.3 Å². The molecule has 0 amide bonds. The third kappa shape index (κ3) is 3.54. The van der Waals surface area contributed by atoms with Gasteiger partial charge in [0.1, 0.15) is 11.5 Å². The summed E-state index contributed by atoms with van der Waals surface area (Å²) in [6.45, 7) is 1.42. The maximum absolute atomic E-state index is 13.0. The van der Waals surface area contributed by atoms with E-state index in [1.165, 1.54) is 13.0 Å². The summed E-state index contributed by atoms with van der Waals surface area (Å²) < 4.78 is 40.0. The van der Waals surface area contributed by atoms with Crippen molar-refractivity contribution in [3.8, 4) is 28.3 Å². The lowest BCUT2D eigenvalue weighted by Crippen LogP contribution is -2.14. The predicted molar refractivity (Wildman–Crippen MR) is 108 cm³/mol. The number of aromatic nitrogens is 2. The maximum Gasteiger partial charge on any atom is 0.416 e. The SMILES string of the molecule is CC(=O)c1ccc(-c2cc(-n3c(=O)[nH]c4cc(C(F)(F)F)ccc43)c(O)cc2O)cc1. The number of fused-ring (bicyclic) bond motifs is 1. The number of nitrogens with zero attached hydrogens (tertiary/aromatic N) is 1. The van der Waals surface area contributed by atoms with Gasteiger partial charge < -0.3 is 15.2 Å². The summed E-state index contributed by atoms with van der Waals surface area (Å²) in [5, 5.41) is 20.7. The van der Waals surface area contributed by atoms with Crippen LogP contribution in [-0.2, 0) is 6.18 Å². The van der Waals surface area contributed by atoms with Gasteiger partial charge in [-0.2, -0.15) is 13.2 Å². The Balaban J connectivity index is 1.90. The lowest BCUT2D eigenvalue weighted by molar-refractivity contribution is -0.137. The van der Waals surface area contributed by atoms with E-state index in [0.29, 0.717) is 11.1 Å². The van der Waals surface area contributed by atoms with Gasteiger partial charge in [-0.05, 0) is 36.8 Å². The normalized spacial score (nSPS) is 11.7. The topological polar surface area (TPSA) is 95.3 Å². The molecule has 0 fully saturated rings. The zero-order valence-electron chi connectivity index (χ0n) is 16.0. The first-order valence-corrected chi connectivity index (χ1v) is 9.06. The van der Waals surface area contributed by atoms with E-state index in [1.807, 2.05) is 0 Å². The number of nitrogens with one attached hydrogen (secondary N) is 1. The second-order valence-electron chi connectivity index (χ2n) is 6.99. The number of ketones is 1. The number of halogens is 3. The first kappa shape index (κ1) is 20.3. The summed E-state index contributed by atoms with van der Waals surface area (Å²) >= 11 is 0. The summed E-state index contributed by atoms with van der Waals surface area (Å²) in [4.78, 5) is 26.3. The van der Waals surface area contributed by atoms with Gasteiger partial charge in [0.15, 0.2) is 5.78 Å². The van der Waals surface area contributed by atoms with E-state index >= 15 is 0 Å². The summed E-state index contributed by atoms with van der Waals surface area (Å²) in [5.41, 5.74) is -0.402. The molecule has 158 valence electrons.